The molecule has 0 atom stereocenters. The van der Waals surface area contributed by atoms with Crippen molar-refractivity contribution in [2.45, 2.75) is 32.6 Å². The Bertz CT molecular complexity index is 420. The molecular formula is C15H21N3O. The van der Waals surface area contributed by atoms with Crippen LogP contribution in [0, 0.1) is 11.3 Å². The summed E-state index contributed by atoms with van der Waals surface area (Å²) in [7, 11) is 0. The number of carbonyl (C=O) groups is 1. The van der Waals surface area contributed by atoms with Gasteiger partial charge in [0.15, 0.2) is 0 Å². The Balaban J connectivity index is 2.15. The number of benzene rings is 1. The maximum atomic E-state index is 11.5. The Morgan fingerprint density at radius 1 is 1.21 bits per heavy atom. The van der Waals surface area contributed by atoms with Crippen LogP contribution in [0.25, 0.3) is 0 Å². The molecule has 1 amide bonds. The fraction of sp³-hybridized carbons (Fsp3) is 0.467. The molecule has 0 aliphatic carbocycles. The van der Waals surface area contributed by atoms with Gasteiger partial charge in [-0.25, -0.2) is 0 Å². The number of carbonyl (C=O) groups excluding carboxylic acids is 1. The van der Waals surface area contributed by atoms with Crippen LogP contribution in [-0.4, -0.2) is 19.0 Å². The van der Waals surface area contributed by atoms with Gasteiger partial charge in [0.05, 0.1) is 11.6 Å². The van der Waals surface area contributed by atoms with E-state index in [-0.39, 0.29) is 5.91 Å². The summed E-state index contributed by atoms with van der Waals surface area (Å²) in [6.07, 6.45) is 3.83. The number of hydrogen-bond donors (Lipinski definition) is 2. The van der Waals surface area contributed by atoms with Gasteiger partial charge in [0.1, 0.15) is 0 Å². The lowest BCUT2D eigenvalue weighted by Crippen LogP contribution is -2.26. The normalized spacial score (nSPS) is 9.68. The van der Waals surface area contributed by atoms with Crippen LogP contribution in [0.15, 0.2) is 24.3 Å². The highest BCUT2D eigenvalue weighted by atomic mass is 16.1. The lowest BCUT2D eigenvalue weighted by Gasteiger charge is -2.07. The summed E-state index contributed by atoms with van der Waals surface area (Å²) in [5, 5.41) is 14.7. The molecule has 0 unspecified atom stereocenters. The summed E-state index contributed by atoms with van der Waals surface area (Å²) < 4.78 is 0. The molecule has 0 aromatic heterocycles. The summed E-state index contributed by atoms with van der Waals surface area (Å²) in [5.41, 5.74) is 1.57. The van der Waals surface area contributed by atoms with Crippen molar-refractivity contribution >= 4 is 11.6 Å². The Morgan fingerprint density at radius 2 is 1.95 bits per heavy atom. The van der Waals surface area contributed by atoms with Gasteiger partial charge in [-0.15, -0.1) is 0 Å². The van der Waals surface area contributed by atoms with E-state index in [0.717, 1.165) is 31.5 Å². The first-order valence-corrected chi connectivity index (χ1v) is 6.77. The fourth-order valence-corrected chi connectivity index (χ4v) is 1.67. The zero-order chi connectivity index (χ0) is 13.9. The summed E-state index contributed by atoms with van der Waals surface area (Å²) in [5.74, 6) is 0.0808. The summed E-state index contributed by atoms with van der Waals surface area (Å²) in [6.45, 7) is 3.51. The molecule has 102 valence electrons. The van der Waals surface area contributed by atoms with Crippen LogP contribution in [0.5, 0.6) is 0 Å². The Labute approximate surface area is 114 Å². The number of nitrogens with one attached hydrogen (secondary N) is 2. The van der Waals surface area contributed by atoms with Gasteiger partial charge < -0.3 is 10.6 Å². The third-order valence-electron chi connectivity index (χ3n) is 2.80. The molecule has 1 rings (SSSR count). The van der Waals surface area contributed by atoms with Crippen molar-refractivity contribution in [1.82, 2.24) is 5.32 Å². The SMILES string of the molecule is CCCCCNC(=O)CCNc1ccc(C#N)cc1. The minimum atomic E-state index is 0.0808. The lowest BCUT2D eigenvalue weighted by molar-refractivity contribution is -0.120. The highest BCUT2D eigenvalue weighted by Crippen LogP contribution is 2.08. The molecule has 0 radical (unpaired) electrons. The number of hydrogen-bond acceptors (Lipinski definition) is 3. The van der Waals surface area contributed by atoms with E-state index in [4.69, 9.17) is 5.26 Å². The number of unbranched alkanes of at least 4 members (excludes halogenated alkanes) is 2. The lowest BCUT2D eigenvalue weighted by atomic mass is 10.2. The maximum Gasteiger partial charge on any atom is 0.221 e. The topological polar surface area (TPSA) is 64.9 Å². The molecule has 0 bridgehead atoms. The number of rotatable bonds is 8. The quantitative estimate of drug-likeness (QED) is 0.705. The van der Waals surface area contributed by atoms with E-state index in [2.05, 4.69) is 23.6 Å². The van der Waals surface area contributed by atoms with Crippen molar-refractivity contribution < 1.29 is 4.79 Å². The Hall–Kier alpha value is -2.02. The molecule has 0 saturated carbocycles. The second kappa shape index (κ2) is 8.98. The standard InChI is InChI=1S/C15H21N3O/c1-2-3-4-10-18-15(19)9-11-17-14-7-5-13(12-16)6-8-14/h5-8,17H,2-4,9-11H2,1H3,(H,18,19). The Kier molecular flexibility index (Phi) is 7.11. The van der Waals surface area contributed by atoms with E-state index in [0.29, 0.717) is 18.5 Å². The first kappa shape index (κ1) is 15.0. The molecule has 0 heterocycles. The molecule has 1 aromatic carbocycles. The summed E-state index contributed by atoms with van der Waals surface area (Å²) in [4.78, 5) is 11.5. The average molecular weight is 259 g/mol. The maximum absolute atomic E-state index is 11.5. The van der Waals surface area contributed by atoms with E-state index >= 15 is 0 Å². The highest BCUT2D eigenvalue weighted by Gasteiger charge is 2.00. The zero-order valence-electron chi connectivity index (χ0n) is 11.4. The summed E-state index contributed by atoms with van der Waals surface area (Å²) in [6, 6.07) is 9.27. The van der Waals surface area contributed by atoms with E-state index < -0.39 is 0 Å². The predicted molar refractivity (Wildman–Crippen MR) is 76.8 cm³/mol. The van der Waals surface area contributed by atoms with Crippen molar-refractivity contribution in [2.75, 3.05) is 18.4 Å². The van der Waals surface area contributed by atoms with Crippen LogP contribution >= 0.6 is 0 Å². The molecule has 4 nitrogen and oxygen atoms in total. The first-order valence-electron chi connectivity index (χ1n) is 6.77. The van der Waals surface area contributed by atoms with Crippen LogP contribution in [0.1, 0.15) is 38.2 Å². The van der Waals surface area contributed by atoms with E-state index in [1.54, 1.807) is 12.1 Å². The highest BCUT2D eigenvalue weighted by molar-refractivity contribution is 5.76. The number of nitriles is 1. The second-order valence-electron chi connectivity index (χ2n) is 4.42. The molecule has 19 heavy (non-hydrogen) atoms. The van der Waals surface area contributed by atoms with Gasteiger partial charge in [-0.05, 0) is 30.7 Å². The van der Waals surface area contributed by atoms with Crippen LogP contribution < -0.4 is 10.6 Å². The van der Waals surface area contributed by atoms with Crippen molar-refractivity contribution in [1.29, 1.82) is 5.26 Å². The van der Waals surface area contributed by atoms with Crippen LogP contribution in [-0.2, 0) is 4.79 Å². The Morgan fingerprint density at radius 3 is 2.58 bits per heavy atom. The minimum Gasteiger partial charge on any atom is -0.385 e. The van der Waals surface area contributed by atoms with Crippen molar-refractivity contribution in [3.05, 3.63) is 29.8 Å². The number of amides is 1. The third kappa shape index (κ3) is 6.46. The largest absolute Gasteiger partial charge is 0.385 e. The smallest absolute Gasteiger partial charge is 0.221 e. The first-order chi connectivity index (χ1) is 9.26. The average Bonchev–Trinajstić information content (AvgIpc) is 2.44. The van der Waals surface area contributed by atoms with Crippen molar-refractivity contribution in [3.63, 3.8) is 0 Å². The molecule has 0 aliphatic rings. The molecular weight excluding hydrogens is 238 g/mol. The second-order valence-corrected chi connectivity index (χ2v) is 4.42. The van der Waals surface area contributed by atoms with Gasteiger partial charge in [0, 0.05) is 25.2 Å². The fourth-order valence-electron chi connectivity index (χ4n) is 1.67. The molecule has 0 fully saturated rings. The van der Waals surface area contributed by atoms with Crippen LogP contribution in [0.2, 0.25) is 0 Å². The zero-order valence-corrected chi connectivity index (χ0v) is 11.4. The van der Waals surface area contributed by atoms with Gasteiger partial charge >= 0.3 is 0 Å². The number of nitrogens with zero attached hydrogens (tertiary/aromatic N) is 1. The molecule has 0 spiro atoms. The van der Waals surface area contributed by atoms with E-state index in [9.17, 15) is 4.79 Å². The van der Waals surface area contributed by atoms with Crippen molar-refractivity contribution in [3.8, 4) is 6.07 Å². The van der Waals surface area contributed by atoms with Gasteiger partial charge in [-0.1, -0.05) is 19.8 Å². The van der Waals surface area contributed by atoms with E-state index in [1.165, 1.54) is 0 Å². The van der Waals surface area contributed by atoms with Gasteiger partial charge in [-0.3, -0.25) is 4.79 Å². The monoisotopic (exact) mass is 259 g/mol. The van der Waals surface area contributed by atoms with Crippen molar-refractivity contribution in [2.24, 2.45) is 0 Å². The van der Waals surface area contributed by atoms with Gasteiger partial charge in [-0.2, -0.15) is 5.26 Å². The minimum absolute atomic E-state index is 0.0808. The molecule has 0 saturated heterocycles. The van der Waals surface area contributed by atoms with Crippen LogP contribution in [0.4, 0.5) is 5.69 Å². The molecule has 4 heteroatoms. The molecule has 1 aromatic rings. The summed E-state index contributed by atoms with van der Waals surface area (Å²) >= 11 is 0. The number of anilines is 1. The van der Waals surface area contributed by atoms with E-state index in [1.807, 2.05) is 12.1 Å². The third-order valence-corrected chi connectivity index (χ3v) is 2.80. The predicted octanol–water partition coefficient (Wildman–Crippen LogP) is 2.67. The van der Waals surface area contributed by atoms with Gasteiger partial charge in [0.2, 0.25) is 5.91 Å². The van der Waals surface area contributed by atoms with Crippen LogP contribution in [0.3, 0.4) is 0 Å². The molecule has 0 aliphatic heterocycles. The molecule has 2 N–H and O–H groups in total. The van der Waals surface area contributed by atoms with Gasteiger partial charge in [0.25, 0.3) is 0 Å².